The van der Waals surface area contributed by atoms with Gasteiger partial charge in [0.15, 0.2) is 5.16 Å². The number of aryl methyl sites for hydroxylation is 1. The highest BCUT2D eigenvalue weighted by molar-refractivity contribution is 7.98. The van der Waals surface area contributed by atoms with E-state index in [0.717, 1.165) is 18.5 Å². The van der Waals surface area contributed by atoms with Crippen molar-refractivity contribution in [3.05, 3.63) is 57.8 Å². The first-order valence-electron chi connectivity index (χ1n) is 6.15. The van der Waals surface area contributed by atoms with Crippen molar-refractivity contribution in [2.45, 2.75) is 30.7 Å². The van der Waals surface area contributed by atoms with E-state index in [4.69, 9.17) is 0 Å². The first-order valence-corrected chi connectivity index (χ1v) is 7.14. The van der Waals surface area contributed by atoms with Gasteiger partial charge in [-0.25, -0.2) is 9.37 Å². The Morgan fingerprint density at radius 1 is 1.37 bits per heavy atom. The minimum absolute atomic E-state index is 0.158. The van der Waals surface area contributed by atoms with E-state index < -0.39 is 0 Å². The number of nitrogens with zero attached hydrogens (tertiary/aromatic N) is 1. The molecule has 0 saturated heterocycles. The molecule has 2 aromatic rings. The van der Waals surface area contributed by atoms with Crippen LogP contribution in [0.1, 0.15) is 24.6 Å². The zero-order valence-corrected chi connectivity index (χ0v) is 11.5. The van der Waals surface area contributed by atoms with E-state index in [1.54, 1.807) is 18.2 Å². The molecule has 0 fully saturated rings. The molecule has 19 heavy (non-hydrogen) atoms. The highest BCUT2D eigenvalue weighted by Gasteiger charge is 2.05. The Balaban J connectivity index is 2.11. The standard InChI is InChI=1S/C14H15FN2OS/c1-2-5-11-8-13(18)17-14(16-11)19-9-10-6-3-4-7-12(10)15/h3-4,6-8H,2,5,9H2,1H3,(H,16,17,18). The minimum Gasteiger partial charge on any atom is -0.301 e. The summed E-state index contributed by atoms with van der Waals surface area (Å²) in [5, 5.41) is 0.541. The third-order valence-corrected chi connectivity index (χ3v) is 3.52. The van der Waals surface area contributed by atoms with Crippen LogP contribution < -0.4 is 5.56 Å². The smallest absolute Gasteiger partial charge is 0.251 e. The molecule has 1 N–H and O–H groups in total. The Morgan fingerprint density at radius 2 is 2.16 bits per heavy atom. The van der Waals surface area contributed by atoms with Crippen LogP contribution in [0.25, 0.3) is 0 Å². The van der Waals surface area contributed by atoms with Crippen molar-refractivity contribution in [2.24, 2.45) is 0 Å². The Morgan fingerprint density at radius 3 is 2.89 bits per heavy atom. The number of H-pyrrole nitrogens is 1. The number of rotatable bonds is 5. The maximum atomic E-state index is 13.5. The van der Waals surface area contributed by atoms with Gasteiger partial charge in [-0.3, -0.25) is 4.79 Å². The lowest BCUT2D eigenvalue weighted by molar-refractivity contribution is 0.617. The zero-order valence-electron chi connectivity index (χ0n) is 10.6. The van der Waals surface area contributed by atoms with Gasteiger partial charge in [0.05, 0.1) is 0 Å². The number of hydrogen-bond donors (Lipinski definition) is 1. The molecule has 0 atom stereocenters. The van der Waals surface area contributed by atoms with Crippen molar-refractivity contribution in [1.82, 2.24) is 9.97 Å². The number of thioether (sulfide) groups is 1. The van der Waals surface area contributed by atoms with Crippen LogP contribution in [0.2, 0.25) is 0 Å². The van der Waals surface area contributed by atoms with Gasteiger partial charge in [0.1, 0.15) is 5.82 Å². The van der Waals surface area contributed by atoms with Crippen molar-refractivity contribution in [3.63, 3.8) is 0 Å². The SMILES string of the molecule is CCCc1cc(=O)[nH]c(SCc2ccccc2F)n1. The molecular weight excluding hydrogens is 263 g/mol. The van der Waals surface area contributed by atoms with Gasteiger partial charge in [0.25, 0.3) is 5.56 Å². The van der Waals surface area contributed by atoms with Gasteiger partial charge in [-0.2, -0.15) is 0 Å². The highest BCUT2D eigenvalue weighted by Crippen LogP contribution is 2.20. The van der Waals surface area contributed by atoms with Crippen LogP contribution in [0.4, 0.5) is 4.39 Å². The third kappa shape index (κ3) is 3.92. The van der Waals surface area contributed by atoms with Gasteiger partial charge >= 0.3 is 0 Å². The second-order valence-electron chi connectivity index (χ2n) is 4.17. The Bertz CT molecular complexity index is 612. The van der Waals surface area contributed by atoms with E-state index in [1.807, 2.05) is 6.92 Å². The van der Waals surface area contributed by atoms with E-state index in [9.17, 15) is 9.18 Å². The van der Waals surface area contributed by atoms with Gasteiger partial charge in [0.2, 0.25) is 0 Å². The summed E-state index contributed by atoms with van der Waals surface area (Å²) >= 11 is 1.34. The summed E-state index contributed by atoms with van der Waals surface area (Å²) in [5.41, 5.74) is 1.23. The predicted molar refractivity (Wildman–Crippen MR) is 74.8 cm³/mol. The summed E-state index contributed by atoms with van der Waals surface area (Å²) in [6, 6.07) is 8.13. The molecule has 100 valence electrons. The normalized spacial score (nSPS) is 10.6. The van der Waals surface area contributed by atoms with Gasteiger partial charge in [-0.15, -0.1) is 0 Å². The van der Waals surface area contributed by atoms with Crippen molar-refractivity contribution < 1.29 is 4.39 Å². The molecule has 2 rings (SSSR count). The fourth-order valence-corrected chi connectivity index (χ4v) is 2.58. The molecule has 0 spiro atoms. The van der Waals surface area contributed by atoms with Crippen LogP contribution in [0.15, 0.2) is 40.3 Å². The number of nitrogens with one attached hydrogen (secondary N) is 1. The van der Waals surface area contributed by atoms with E-state index >= 15 is 0 Å². The lowest BCUT2D eigenvalue weighted by Gasteiger charge is -2.04. The van der Waals surface area contributed by atoms with Gasteiger partial charge in [0, 0.05) is 17.5 Å². The first-order chi connectivity index (χ1) is 9.19. The molecule has 0 aliphatic rings. The summed E-state index contributed by atoms with van der Waals surface area (Å²) in [4.78, 5) is 18.5. The van der Waals surface area contributed by atoms with E-state index in [-0.39, 0.29) is 11.4 Å². The first kappa shape index (κ1) is 13.8. The molecule has 0 bridgehead atoms. The van der Waals surface area contributed by atoms with Gasteiger partial charge in [-0.1, -0.05) is 43.3 Å². The number of aromatic nitrogens is 2. The fraction of sp³-hybridized carbons (Fsp3) is 0.286. The summed E-state index contributed by atoms with van der Waals surface area (Å²) in [6.45, 7) is 2.04. The summed E-state index contributed by atoms with van der Waals surface area (Å²) in [6.07, 6.45) is 1.71. The Hall–Kier alpha value is -1.62. The molecule has 0 aliphatic heterocycles. The van der Waals surface area contributed by atoms with E-state index in [1.165, 1.54) is 23.9 Å². The van der Waals surface area contributed by atoms with Crippen molar-refractivity contribution >= 4 is 11.8 Å². The number of halogens is 1. The lowest BCUT2D eigenvalue weighted by atomic mass is 10.2. The Labute approximate surface area is 115 Å². The van der Waals surface area contributed by atoms with Crippen molar-refractivity contribution in [2.75, 3.05) is 0 Å². The summed E-state index contributed by atoms with van der Waals surface area (Å²) in [5.74, 6) is 0.215. The molecule has 0 amide bonds. The van der Waals surface area contributed by atoms with E-state index in [2.05, 4.69) is 9.97 Å². The van der Waals surface area contributed by atoms with Gasteiger partial charge in [-0.05, 0) is 18.1 Å². The topological polar surface area (TPSA) is 45.8 Å². The van der Waals surface area contributed by atoms with Crippen LogP contribution >= 0.6 is 11.8 Å². The van der Waals surface area contributed by atoms with Crippen LogP contribution in [-0.2, 0) is 12.2 Å². The molecule has 3 nitrogen and oxygen atoms in total. The quantitative estimate of drug-likeness (QED) is 0.675. The number of hydrogen-bond acceptors (Lipinski definition) is 3. The van der Waals surface area contributed by atoms with Crippen molar-refractivity contribution in [1.29, 1.82) is 0 Å². The average Bonchev–Trinajstić information content (AvgIpc) is 2.37. The second-order valence-corrected chi connectivity index (χ2v) is 5.14. The molecule has 1 aromatic carbocycles. The second kappa shape index (κ2) is 6.52. The predicted octanol–water partition coefficient (Wildman–Crippen LogP) is 3.15. The van der Waals surface area contributed by atoms with Crippen molar-refractivity contribution in [3.8, 4) is 0 Å². The molecule has 0 saturated carbocycles. The van der Waals surface area contributed by atoms with Crippen LogP contribution in [0, 0.1) is 5.82 Å². The molecule has 0 unspecified atom stereocenters. The molecule has 1 aromatic heterocycles. The van der Waals surface area contributed by atoms with Gasteiger partial charge < -0.3 is 4.98 Å². The largest absolute Gasteiger partial charge is 0.301 e. The number of aromatic amines is 1. The average molecular weight is 278 g/mol. The zero-order chi connectivity index (χ0) is 13.7. The summed E-state index contributed by atoms with van der Waals surface area (Å²) < 4.78 is 13.5. The van der Waals surface area contributed by atoms with Crippen LogP contribution in [-0.4, -0.2) is 9.97 Å². The van der Waals surface area contributed by atoms with E-state index in [0.29, 0.717) is 16.5 Å². The molecular formula is C14H15FN2OS. The van der Waals surface area contributed by atoms with Crippen LogP contribution in [0.3, 0.4) is 0 Å². The summed E-state index contributed by atoms with van der Waals surface area (Å²) in [7, 11) is 0. The minimum atomic E-state index is -0.234. The van der Waals surface area contributed by atoms with Crippen LogP contribution in [0.5, 0.6) is 0 Å². The lowest BCUT2D eigenvalue weighted by Crippen LogP contribution is -2.10. The monoisotopic (exact) mass is 278 g/mol. The molecule has 5 heteroatoms. The fourth-order valence-electron chi connectivity index (χ4n) is 1.70. The maximum absolute atomic E-state index is 13.5. The molecule has 0 aliphatic carbocycles. The molecule has 0 radical (unpaired) electrons. The highest BCUT2D eigenvalue weighted by atomic mass is 32.2. The Kier molecular flexibility index (Phi) is 4.74. The maximum Gasteiger partial charge on any atom is 0.251 e. The molecule has 1 heterocycles. The number of benzene rings is 1. The third-order valence-electron chi connectivity index (χ3n) is 2.60.